The van der Waals surface area contributed by atoms with Crippen molar-refractivity contribution in [3.05, 3.63) is 29.3 Å². The van der Waals surface area contributed by atoms with Crippen LogP contribution in [0.2, 0.25) is 6.82 Å². The molecule has 0 aromatic heterocycles. The molecule has 0 saturated heterocycles. The summed E-state index contributed by atoms with van der Waals surface area (Å²) < 4.78 is 0. The van der Waals surface area contributed by atoms with Crippen molar-refractivity contribution in [3.8, 4) is 5.75 Å². The van der Waals surface area contributed by atoms with Gasteiger partial charge in [-0.15, -0.1) is 0 Å². The van der Waals surface area contributed by atoms with Crippen LogP contribution in [0.3, 0.4) is 0 Å². The Kier molecular flexibility index (Phi) is 11.2. The van der Waals surface area contributed by atoms with Crippen molar-refractivity contribution < 1.29 is 5.11 Å². The second-order valence-corrected chi connectivity index (χ2v) is 2.35. The van der Waals surface area contributed by atoms with Crippen molar-refractivity contribution in [3.63, 3.8) is 0 Å². The molecule has 0 aliphatic rings. The van der Waals surface area contributed by atoms with Gasteiger partial charge in [0.1, 0.15) is 5.75 Å². The molecule has 0 amide bonds. The van der Waals surface area contributed by atoms with E-state index in [0.29, 0.717) is 5.75 Å². The lowest BCUT2D eigenvalue weighted by Gasteiger charge is -1.95. The first-order valence-electron chi connectivity index (χ1n) is 3.91. The molecule has 1 N–H and O–H groups in total. The largest absolute Gasteiger partial charge is 0.508 e. The summed E-state index contributed by atoms with van der Waals surface area (Å²) in [6, 6.07) is 5.51. The quantitative estimate of drug-likeness (QED) is 0.547. The second-order valence-electron chi connectivity index (χ2n) is 2.35. The van der Waals surface area contributed by atoms with Gasteiger partial charge in [0, 0.05) is 0 Å². The highest BCUT2D eigenvalue weighted by Gasteiger charge is 1.89. The molecule has 0 heterocycles. The van der Waals surface area contributed by atoms with Crippen molar-refractivity contribution in [2.45, 2.75) is 20.7 Å². The van der Waals surface area contributed by atoms with Gasteiger partial charge in [0.2, 0.25) is 0 Å². The van der Waals surface area contributed by atoms with Gasteiger partial charge in [-0.2, -0.15) is 0 Å². The highest BCUT2D eigenvalue weighted by atomic mass is 79.9. The minimum absolute atomic E-state index is 0.354. The molecule has 0 saturated carbocycles. The van der Waals surface area contributed by atoms with E-state index >= 15 is 0 Å². The number of halogens is 1. The molecule has 2 radical (unpaired) electrons. The van der Waals surface area contributed by atoms with Crippen LogP contribution < -0.4 is 0 Å². The molecule has 3 heteroatoms. The topological polar surface area (TPSA) is 20.2 Å². The van der Waals surface area contributed by atoms with Gasteiger partial charge in [0.05, 0.1) is 7.85 Å². The molecule has 1 nitrogen and oxygen atoms in total. The van der Waals surface area contributed by atoms with E-state index in [4.69, 9.17) is 5.11 Å². The van der Waals surface area contributed by atoms with Crippen LogP contribution in [0.1, 0.15) is 11.1 Å². The zero-order valence-corrected chi connectivity index (χ0v) is 10.2. The smallest absolute Gasteiger partial charge is 0.116 e. The molecule has 0 atom stereocenters. The molecule has 72 valence electrons. The van der Waals surface area contributed by atoms with E-state index in [0.717, 1.165) is 11.1 Å². The molecular formula is C10H16BBrO. The zero-order valence-electron chi connectivity index (χ0n) is 8.63. The Balaban J connectivity index is 0. The van der Waals surface area contributed by atoms with Crippen molar-refractivity contribution in [2.24, 2.45) is 0 Å². The molecular weight excluding hydrogens is 227 g/mol. The molecule has 0 aliphatic carbocycles. The Labute approximate surface area is 90.7 Å². The van der Waals surface area contributed by atoms with Crippen LogP contribution in [0.5, 0.6) is 5.75 Å². The SMILES string of the molecule is CBr.Cc1cc(C)cc(O)c1.[B]C. The van der Waals surface area contributed by atoms with Crippen molar-refractivity contribution in [1.82, 2.24) is 0 Å². The van der Waals surface area contributed by atoms with E-state index in [-0.39, 0.29) is 0 Å². The molecule has 13 heavy (non-hydrogen) atoms. The fraction of sp³-hybridized carbons (Fsp3) is 0.400. The molecule has 1 aromatic carbocycles. The van der Waals surface area contributed by atoms with E-state index in [1.807, 2.05) is 25.7 Å². The zero-order chi connectivity index (χ0) is 10.9. The van der Waals surface area contributed by atoms with Crippen molar-refractivity contribution in [1.29, 1.82) is 0 Å². The van der Waals surface area contributed by atoms with Gasteiger partial charge >= 0.3 is 0 Å². The number of rotatable bonds is 0. The Bertz CT molecular complexity index is 176. The first-order chi connectivity index (χ1) is 6.18. The van der Waals surface area contributed by atoms with Crippen molar-refractivity contribution >= 4 is 23.8 Å². The fourth-order valence-electron chi connectivity index (χ4n) is 0.951. The maximum Gasteiger partial charge on any atom is 0.116 e. The van der Waals surface area contributed by atoms with Gasteiger partial charge in [-0.1, -0.05) is 28.8 Å². The first-order valence-corrected chi connectivity index (χ1v) is 5.50. The number of hydrogen-bond acceptors (Lipinski definition) is 1. The Hall–Kier alpha value is -0.435. The number of alkyl halides is 1. The van der Waals surface area contributed by atoms with Crippen LogP contribution in [0.25, 0.3) is 0 Å². The highest BCUT2D eigenvalue weighted by molar-refractivity contribution is 9.08. The summed E-state index contributed by atoms with van der Waals surface area (Å²) in [5.41, 5.74) is 2.21. The minimum Gasteiger partial charge on any atom is -0.508 e. The van der Waals surface area contributed by atoms with E-state index in [1.54, 1.807) is 12.1 Å². The second kappa shape index (κ2) is 9.65. The van der Waals surface area contributed by atoms with Gasteiger partial charge < -0.3 is 5.11 Å². The normalized spacial score (nSPS) is 7.46. The molecule has 0 spiro atoms. The minimum atomic E-state index is 0.354. The third-order valence-electron chi connectivity index (χ3n) is 1.21. The van der Waals surface area contributed by atoms with Crippen LogP contribution in [-0.4, -0.2) is 18.8 Å². The maximum absolute atomic E-state index is 8.99. The van der Waals surface area contributed by atoms with Gasteiger partial charge in [0.15, 0.2) is 0 Å². The van der Waals surface area contributed by atoms with Crippen LogP contribution in [-0.2, 0) is 0 Å². The van der Waals surface area contributed by atoms with Crippen LogP contribution in [0.4, 0.5) is 0 Å². The van der Waals surface area contributed by atoms with E-state index in [1.165, 1.54) is 6.82 Å². The van der Waals surface area contributed by atoms with Crippen LogP contribution in [0.15, 0.2) is 18.2 Å². The Morgan fingerprint density at radius 1 is 1.00 bits per heavy atom. The molecule has 0 fully saturated rings. The summed E-state index contributed by atoms with van der Waals surface area (Å²) in [5.74, 6) is 2.17. The predicted molar refractivity (Wildman–Crippen MR) is 64.0 cm³/mol. The molecule has 1 rings (SSSR count). The molecule has 1 aromatic rings. The fourth-order valence-corrected chi connectivity index (χ4v) is 0.951. The number of hydrogen-bond donors (Lipinski definition) is 1. The standard InChI is InChI=1S/C8H10O.CH3B.CH3Br/c1-6-3-7(2)5-8(9)4-6;2*1-2/h3-5,9H,1-2H3;2*1H3. The molecule has 0 aliphatic heterocycles. The summed E-state index contributed by atoms with van der Waals surface area (Å²) >= 11 is 2.94. The lowest BCUT2D eigenvalue weighted by molar-refractivity contribution is 0.474. The van der Waals surface area contributed by atoms with Crippen LogP contribution >= 0.6 is 15.9 Å². The summed E-state index contributed by atoms with van der Waals surface area (Å²) in [6.07, 6.45) is 0. The average Bonchev–Trinajstić information content (AvgIpc) is 2.09. The number of phenols is 1. The Morgan fingerprint density at radius 3 is 1.54 bits per heavy atom. The number of phenolic OH excluding ortho intramolecular Hbond substituents is 1. The van der Waals surface area contributed by atoms with E-state index in [9.17, 15) is 0 Å². The summed E-state index contributed by atoms with van der Waals surface area (Å²) in [4.78, 5) is 0. The van der Waals surface area contributed by atoms with Crippen LogP contribution in [0, 0.1) is 13.8 Å². The predicted octanol–water partition coefficient (Wildman–Crippen LogP) is 3.22. The van der Waals surface area contributed by atoms with Gasteiger partial charge in [-0.3, -0.25) is 0 Å². The van der Waals surface area contributed by atoms with Gasteiger partial charge in [0.25, 0.3) is 0 Å². The third kappa shape index (κ3) is 7.91. The lowest BCUT2D eigenvalue weighted by atomic mass is 10.1. The van der Waals surface area contributed by atoms with Gasteiger partial charge in [-0.05, 0) is 42.9 Å². The summed E-state index contributed by atoms with van der Waals surface area (Å²) in [6.45, 7) is 5.43. The maximum atomic E-state index is 8.99. The summed E-state index contributed by atoms with van der Waals surface area (Å²) in [7, 11) is 4.50. The van der Waals surface area contributed by atoms with Gasteiger partial charge in [-0.25, -0.2) is 0 Å². The third-order valence-corrected chi connectivity index (χ3v) is 1.21. The lowest BCUT2D eigenvalue weighted by Crippen LogP contribution is -1.74. The Morgan fingerprint density at radius 2 is 1.31 bits per heavy atom. The summed E-state index contributed by atoms with van der Waals surface area (Å²) in [5, 5.41) is 8.99. The number of benzene rings is 1. The number of aryl methyl sites for hydroxylation is 2. The number of aromatic hydroxyl groups is 1. The molecule has 0 unspecified atom stereocenters. The highest BCUT2D eigenvalue weighted by Crippen LogP contribution is 2.13. The monoisotopic (exact) mass is 242 g/mol. The first kappa shape index (κ1) is 15.1. The average molecular weight is 243 g/mol. The molecule has 0 bridgehead atoms. The van der Waals surface area contributed by atoms with E-state index in [2.05, 4.69) is 23.8 Å². The van der Waals surface area contributed by atoms with E-state index < -0.39 is 0 Å². The van der Waals surface area contributed by atoms with Crippen molar-refractivity contribution in [2.75, 3.05) is 5.83 Å².